The lowest BCUT2D eigenvalue weighted by Gasteiger charge is -2.34. The van der Waals surface area contributed by atoms with E-state index in [-0.39, 0.29) is 18.8 Å². The van der Waals surface area contributed by atoms with Crippen LogP contribution in [0.5, 0.6) is 0 Å². The van der Waals surface area contributed by atoms with E-state index in [0.29, 0.717) is 19.6 Å². The van der Waals surface area contributed by atoms with Crippen LogP contribution in [0.2, 0.25) is 0 Å². The van der Waals surface area contributed by atoms with Crippen molar-refractivity contribution < 1.29 is 41.7 Å². The van der Waals surface area contributed by atoms with Gasteiger partial charge in [0.25, 0.3) is 5.60 Å². The molecule has 6 nitrogen and oxygen atoms in total. The Balaban J connectivity index is 2.84. The number of hydrogen-bond acceptors (Lipinski definition) is 6. The van der Waals surface area contributed by atoms with Crippen LogP contribution in [0.25, 0.3) is 0 Å². The van der Waals surface area contributed by atoms with Crippen molar-refractivity contribution in [1.29, 1.82) is 0 Å². The molecule has 0 N–H and O–H groups in total. The van der Waals surface area contributed by atoms with Crippen molar-refractivity contribution in [3.8, 4) is 0 Å². The molecule has 0 heterocycles. The number of alkyl halides is 3. The lowest BCUT2D eigenvalue weighted by atomic mass is 9.92. The van der Waals surface area contributed by atoms with E-state index < -0.39 is 30.0 Å². The summed E-state index contributed by atoms with van der Waals surface area (Å²) in [5.41, 5.74) is -3.54. The Hall–Kier alpha value is -1.68. The summed E-state index contributed by atoms with van der Waals surface area (Å²) in [5.74, 6) is -1.51. The third kappa shape index (κ3) is 6.95. The van der Waals surface area contributed by atoms with Gasteiger partial charge in [0.15, 0.2) is 0 Å². The van der Waals surface area contributed by atoms with Crippen LogP contribution in [0.4, 0.5) is 13.2 Å². The highest BCUT2D eigenvalue weighted by Gasteiger charge is 2.64. The Labute approximate surface area is 169 Å². The average molecular weight is 422 g/mol. The number of carbonyl (C=O) groups is 1. The van der Waals surface area contributed by atoms with Gasteiger partial charge in [0.1, 0.15) is 12.9 Å². The van der Waals surface area contributed by atoms with E-state index in [0.717, 1.165) is 7.11 Å². The van der Waals surface area contributed by atoms with Crippen molar-refractivity contribution in [1.82, 2.24) is 0 Å². The Bertz CT molecular complexity index is 596. The molecule has 0 aromatic heterocycles. The summed E-state index contributed by atoms with van der Waals surface area (Å²) in [4.78, 5) is 12.7. The molecule has 0 aliphatic heterocycles. The fourth-order valence-electron chi connectivity index (χ4n) is 2.72. The van der Waals surface area contributed by atoms with Gasteiger partial charge < -0.3 is 23.7 Å². The SMILES string of the molecule is CCC(C[C@H](C)OCOCCOC)OC(=O)[C@@](OC)(c1ccccc1)C(F)(F)F. The van der Waals surface area contributed by atoms with Crippen molar-refractivity contribution >= 4 is 5.97 Å². The Kier molecular flexibility index (Phi) is 10.6. The fraction of sp³-hybridized carbons (Fsp3) is 0.650. The lowest BCUT2D eigenvalue weighted by Crippen LogP contribution is -2.52. The van der Waals surface area contributed by atoms with Crippen molar-refractivity contribution in [2.45, 2.75) is 50.7 Å². The van der Waals surface area contributed by atoms with Gasteiger partial charge >= 0.3 is 12.1 Å². The highest BCUT2D eigenvalue weighted by Crippen LogP contribution is 2.43. The molecule has 0 spiro atoms. The van der Waals surface area contributed by atoms with E-state index in [1.807, 2.05) is 0 Å². The number of methoxy groups -OCH3 is 2. The molecular weight excluding hydrogens is 393 g/mol. The minimum absolute atomic E-state index is 0.00345. The summed E-state index contributed by atoms with van der Waals surface area (Å²) in [7, 11) is 2.38. The Morgan fingerprint density at radius 3 is 2.28 bits per heavy atom. The summed E-state index contributed by atoms with van der Waals surface area (Å²) in [5, 5.41) is 0. The van der Waals surface area contributed by atoms with Crippen molar-refractivity contribution in [3.63, 3.8) is 0 Å². The molecule has 1 aromatic rings. The molecule has 0 amide bonds. The first-order chi connectivity index (χ1) is 13.7. The summed E-state index contributed by atoms with van der Waals surface area (Å²) in [6.45, 7) is 4.21. The number of rotatable bonds is 13. The van der Waals surface area contributed by atoms with Gasteiger partial charge in [-0.15, -0.1) is 0 Å². The average Bonchev–Trinajstić information content (AvgIpc) is 2.68. The molecule has 0 bridgehead atoms. The van der Waals surface area contributed by atoms with Crippen molar-refractivity contribution in [3.05, 3.63) is 35.9 Å². The van der Waals surface area contributed by atoms with Gasteiger partial charge in [-0.05, 0) is 13.3 Å². The van der Waals surface area contributed by atoms with Crippen LogP contribution in [0.3, 0.4) is 0 Å². The van der Waals surface area contributed by atoms with Crippen LogP contribution < -0.4 is 0 Å². The van der Waals surface area contributed by atoms with Gasteiger partial charge in [0.05, 0.1) is 19.3 Å². The van der Waals surface area contributed by atoms with Crippen LogP contribution in [0.15, 0.2) is 30.3 Å². The summed E-state index contributed by atoms with van der Waals surface area (Å²) < 4.78 is 67.2. The third-order valence-corrected chi connectivity index (χ3v) is 4.36. The van der Waals surface area contributed by atoms with Gasteiger partial charge in [0.2, 0.25) is 0 Å². The zero-order chi connectivity index (χ0) is 21.9. The monoisotopic (exact) mass is 422 g/mol. The minimum Gasteiger partial charge on any atom is -0.460 e. The molecular formula is C20H29F3O6. The third-order valence-electron chi connectivity index (χ3n) is 4.36. The number of carbonyl (C=O) groups excluding carboxylic acids is 1. The van der Waals surface area contributed by atoms with E-state index in [1.165, 1.54) is 24.3 Å². The molecule has 29 heavy (non-hydrogen) atoms. The van der Waals surface area contributed by atoms with Crippen LogP contribution in [-0.4, -0.2) is 58.6 Å². The molecule has 0 saturated heterocycles. The predicted molar refractivity (Wildman–Crippen MR) is 99.2 cm³/mol. The fourth-order valence-corrected chi connectivity index (χ4v) is 2.72. The molecule has 0 aliphatic rings. The van der Waals surface area contributed by atoms with Gasteiger partial charge in [-0.3, -0.25) is 0 Å². The second kappa shape index (κ2) is 12.1. The molecule has 0 aliphatic carbocycles. The van der Waals surface area contributed by atoms with Crippen LogP contribution in [-0.2, 0) is 34.1 Å². The Morgan fingerprint density at radius 2 is 1.76 bits per heavy atom. The number of halogens is 3. The maximum atomic E-state index is 13.9. The molecule has 9 heteroatoms. The Morgan fingerprint density at radius 1 is 1.10 bits per heavy atom. The normalized spacial score (nSPS) is 16.1. The van der Waals surface area contributed by atoms with E-state index in [9.17, 15) is 18.0 Å². The van der Waals surface area contributed by atoms with Crippen molar-refractivity contribution in [2.24, 2.45) is 0 Å². The molecule has 166 valence electrons. The second-order valence-corrected chi connectivity index (χ2v) is 6.42. The van der Waals surface area contributed by atoms with Crippen LogP contribution in [0.1, 0.15) is 32.3 Å². The van der Waals surface area contributed by atoms with E-state index in [4.69, 9.17) is 23.7 Å². The smallest absolute Gasteiger partial charge is 0.432 e. The van der Waals surface area contributed by atoms with Gasteiger partial charge in [-0.1, -0.05) is 37.3 Å². The topological polar surface area (TPSA) is 63.2 Å². The zero-order valence-electron chi connectivity index (χ0n) is 17.2. The molecule has 0 fully saturated rings. The van der Waals surface area contributed by atoms with Gasteiger partial charge in [-0.25, -0.2) is 4.79 Å². The maximum absolute atomic E-state index is 13.9. The number of benzene rings is 1. The predicted octanol–water partition coefficient (Wildman–Crippen LogP) is 3.83. The molecule has 1 aromatic carbocycles. The maximum Gasteiger partial charge on any atom is 0.432 e. The minimum atomic E-state index is -5.00. The first-order valence-corrected chi connectivity index (χ1v) is 9.29. The molecule has 3 atom stereocenters. The molecule has 0 saturated carbocycles. The zero-order valence-corrected chi connectivity index (χ0v) is 17.2. The summed E-state index contributed by atoms with van der Waals surface area (Å²) in [6, 6.07) is 6.72. The quantitative estimate of drug-likeness (QED) is 0.274. The first kappa shape index (κ1) is 25.4. The lowest BCUT2D eigenvalue weighted by molar-refractivity contribution is -0.278. The highest BCUT2D eigenvalue weighted by molar-refractivity contribution is 5.82. The van der Waals surface area contributed by atoms with Gasteiger partial charge in [-0.2, -0.15) is 13.2 Å². The van der Waals surface area contributed by atoms with Crippen LogP contribution in [0, 0.1) is 0 Å². The number of hydrogen-bond donors (Lipinski definition) is 0. The van der Waals surface area contributed by atoms with Crippen molar-refractivity contribution in [2.75, 3.05) is 34.2 Å². The molecule has 1 rings (SSSR count). The number of ether oxygens (including phenoxy) is 5. The number of esters is 1. The standard InChI is InChI=1S/C20H29F3O6/c1-5-17(13-15(2)28-14-27-12-11-25-3)29-18(24)19(26-4,20(21,22)23)16-9-7-6-8-10-16/h6-10,15,17H,5,11-14H2,1-4H3/t15-,17?,19-/m0/s1. The molecule has 0 radical (unpaired) electrons. The summed E-state index contributed by atoms with van der Waals surface area (Å²) >= 11 is 0. The van der Waals surface area contributed by atoms with E-state index >= 15 is 0 Å². The van der Waals surface area contributed by atoms with E-state index in [2.05, 4.69) is 0 Å². The highest BCUT2D eigenvalue weighted by atomic mass is 19.4. The first-order valence-electron chi connectivity index (χ1n) is 9.29. The molecule has 1 unspecified atom stereocenters. The van der Waals surface area contributed by atoms with Gasteiger partial charge in [0, 0.05) is 26.2 Å². The largest absolute Gasteiger partial charge is 0.460 e. The summed E-state index contributed by atoms with van der Waals surface area (Å²) in [6.07, 6.45) is -5.65. The second-order valence-electron chi connectivity index (χ2n) is 6.42. The van der Waals surface area contributed by atoms with E-state index in [1.54, 1.807) is 27.0 Å². The van der Waals surface area contributed by atoms with Crippen LogP contribution >= 0.6 is 0 Å².